The number of tetrazole rings is 1. The molecule has 0 radical (unpaired) electrons. The Morgan fingerprint density at radius 3 is 2.95 bits per heavy atom. The van der Waals surface area contributed by atoms with Gasteiger partial charge < -0.3 is 5.32 Å². The minimum Gasteiger partial charge on any atom is -0.375 e. The molecule has 9 heteroatoms. The predicted molar refractivity (Wildman–Crippen MR) is 74.6 cm³/mol. The smallest absolute Gasteiger partial charge is 0.295 e. The van der Waals surface area contributed by atoms with Crippen molar-refractivity contribution in [3.63, 3.8) is 0 Å². The monoisotopic (exact) mass is 285 g/mol. The van der Waals surface area contributed by atoms with Crippen LogP contribution in [0.25, 0.3) is 10.9 Å². The van der Waals surface area contributed by atoms with Crippen LogP contribution in [-0.2, 0) is 0 Å². The van der Waals surface area contributed by atoms with Gasteiger partial charge in [0.1, 0.15) is 5.52 Å². The van der Waals surface area contributed by atoms with E-state index in [1.165, 1.54) is 12.3 Å². The molecule has 3 aromatic rings. The highest BCUT2D eigenvalue weighted by molar-refractivity contribution is 5.96. The summed E-state index contributed by atoms with van der Waals surface area (Å²) in [5.41, 5.74) is 1.04. The first-order valence-corrected chi connectivity index (χ1v) is 6.19. The molecule has 0 saturated carbocycles. The SMILES string of the molecule is CC(Nc1ccc([N+](=O)[O-])c2ncccc12)c1nn[nH]n1. The van der Waals surface area contributed by atoms with E-state index in [0.717, 1.165) is 5.69 Å². The van der Waals surface area contributed by atoms with Gasteiger partial charge in [-0.15, -0.1) is 10.2 Å². The molecule has 0 spiro atoms. The Morgan fingerprint density at radius 2 is 2.24 bits per heavy atom. The molecule has 21 heavy (non-hydrogen) atoms. The summed E-state index contributed by atoms with van der Waals surface area (Å²) in [6, 6.07) is 6.39. The number of aromatic nitrogens is 5. The highest BCUT2D eigenvalue weighted by Gasteiger charge is 2.17. The number of H-pyrrole nitrogens is 1. The predicted octanol–water partition coefficient (Wildman–Crippen LogP) is 1.83. The van der Waals surface area contributed by atoms with Crippen LogP contribution in [0.3, 0.4) is 0 Å². The van der Waals surface area contributed by atoms with Crippen LogP contribution in [0.1, 0.15) is 18.8 Å². The quantitative estimate of drug-likeness (QED) is 0.553. The van der Waals surface area contributed by atoms with E-state index in [9.17, 15) is 10.1 Å². The van der Waals surface area contributed by atoms with Crippen LogP contribution in [0.15, 0.2) is 30.5 Å². The van der Waals surface area contributed by atoms with Gasteiger partial charge in [-0.05, 0) is 25.1 Å². The number of aromatic amines is 1. The van der Waals surface area contributed by atoms with Gasteiger partial charge in [0.05, 0.1) is 11.0 Å². The average molecular weight is 285 g/mol. The summed E-state index contributed by atoms with van der Waals surface area (Å²) in [6.45, 7) is 1.87. The molecule has 9 nitrogen and oxygen atoms in total. The van der Waals surface area contributed by atoms with Gasteiger partial charge in [0.15, 0.2) is 5.82 Å². The van der Waals surface area contributed by atoms with Gasteiger partial charge in [-0.3, -0.25) is 10.1 Å². The van der Waals surface area contributed by atoms with Crippen LogP contribution < -0.4 is 5.32 Å². The van der Waals surface area contributed by atoms with Crippen molar-refractivity contribution in [2.24, 2.45) is 0 Å². The third kappa shape index (κ3) is 2.36. The van der Waals surface area contributed by atoms with Gasteiger partial charge in [0.2, 0.25) is 0 Å². The molecule has 0 amide bonds. The lowest BCUT2D eigenvalue weighted by atomic mass is 10.1. The van der Waals surface area contributed by atoms with E-state index in [0.29, 0.717) is 16.7 Å². The number of hydrogen-bond acceptors (Lipinski definition) is 7. The summed E-state index contributed by atoms with van der Waals surface area (Å²) >= 11 is 0. The maximum Gasteiger partial charge on any atom is 0.295 e. The van der Waals surface area contributed by atoms with Gasteiger partial charge in [0.25, 0.3) is 5.69 Å². The summed E-state index contributed by atoms with van der Waals surface area (Å²) in [4.78, 5) is 14.7. The molecule has 2 N–H and O–H groups in total. The minimum atomic E-state index is -0.443. The van der Waals surface area contributed by atoms with Crippen molar-refractivity contribution >= 4 is 22.3 Å². The zero-order valence-corrected chi connectivity index (χ0v) is 11.0. The van der Waals surface area contributed by atoms with Crippen molar-refractivity contribution < 1.29 is 4.92 Å². The second-order valence-corrected chi connectivity index (χ2v) is 4.42. The van der Waals surface area contributed by atoms with E-state index in [1.807, 2.05) is 6.92 Å². The average Bonchev–Trinajstić information content (AvgIpc) is 3.01. The number of fused-ring (bicyclic) bond motifs is 1. The molecule has 1 unspecified atom stereocenters. The molecule has 2 aromatic heterocycles. The Labute approximate surface area is 118 Å². The number of pyridine rings is 1. The molecule has 0 bridgehead atoms. The van der Waals surface area contributed by atoms with Gasteiger partial charge in [-0.1, -0.05) is 5.21 Å². The lowest BCUT2D eigenvalue weighted by molar-refractivity contribution is -0.383. The zero-order valence-electron chi connectivity index (χ0n) is 11.0. The van der Waals surface area contributed by atoms with E-state index in [1.54, 1.807) is 18.2 Å². The van der Waals surface area contributed by atoms with Crippen LogP contribution in [0.5, 0.6) is 0 Å². The van der Waals surface area contributed by atoms with Crippen LogP contribution in [0.4, 0.5) is 11.4 Å². The first-order valence-electron chi connectivity index (χ1n) is 6.19. The van der Waals surface area contributed by atoms with Crippen molar-refractivity contribution in [2.45, 2.75) is 13.0 Å². The van der Waals surface area contributed by atoms with E-state index < -0.39 is 4.92 Å². The number of nitrogens with zero attached hydrogens (tertiary/aromatic N) is 5. The molecular weight excluding hydrogens is 274 g/mol. The van der Waals surface area contributed by atoms with Gasteiger partial charge >= 0.3 is 0 Å². The maximum absolute atomic E-state index is 11.0. The number of rotatable bonds is 4. The fourth-order valence-corrected chi connectivity index (χ4v) is 2.08. The number of hydrogen-bond donors (Lipinski definition) is 2. The standard InChI is InChI=1S/C12H11N7O2/c1-7(12-15-17-18-16-12)14-9-4-5-10(19(20)21)11-8(9)3-2-6-13-11/h2-7,14H,1H3,(H,15,16,17,18). The van der Waals surface area contributed by atoms with Crippen molar-refractivity contribution in [3.05, 3.63) is 46.4 Å². The van der Waals surface area contributed by atoms with Crippen molar-refractivity contribution in [2.75, 3.05) is 5.32 Å². The fraction of sp³-hybridized carbons (Fsp3) is 0.167. The highest BCUT2D eigenvalue weighted by atomic mass is 16.6. The highest BCUT2D eigenvalue weighted by Crippen LogP contribution is 2.31. The Hall–Kier alpha value is -3.10. The number of nitro groups is 1. The summed E-state index contributed by atoms with van der Waals surface area (Å²) in [5, 5.41) is 28.6. The van der Waals surface area contributed by atoms with Crippen molar-refractivity contribution in [1.82, 2.24) is 25.6 Å². The summed E-state index contributed by atoms with van der Waals surface area (Å²) in [7, 11) is 0. The molecule has 0 aliphatic rings. The number of anilines is 1. The molecule has 3 rings (SSSR count). The summed E-state index contributed by atoms with van der Waals surface area (Å²) < 4.78 is 0. The fourth-order valence-electron chi connectivity index (χ4n) is 2.08. The lowest BCUT2D eigenvalue weighted by Gasteiger charge is -2.13. The van der Waals surface area contributed by atoms with Crippen LogP contribution in [-0.4, -0.2) is 30.5 Å². The second kappa shape index (κ2) is 5.12. The molecule has 2 heterocycles. The summed E-state index contributed by atoms with van der Waals surface area (Å²) in [5.74, 6) is 0.505. The van der Waals surface area contributed by atoms with Crippen LogP contribution >= 0.6 is 0 Å². The molecule has 0 fully saturated rings. The lowest BCUT2D eigenvalue weighted by Crippen LogP contribution is -2.09. The van der Waals surface area contributed by atoms with E-state index >= 15 is 0 Å². The van der Waals surface area contributed by atoms with Crippen LogP contribution in [0, 0.1) is 10.1 Å². The maximum atomic E-state index is 11.0. The first kappa shape index (κ1) is 12.9. The molecule has 0 aliphatic carbocycles. The number of non-ortho nitro benzene ring substituents is 1. The van der Waals surface area contributed by atoms with Crippen LogP contribution in [0.2, 0.25) is 0 Å². The number of nitro benzene ring substituents is 1. The summed E-state index contributed by atoms with van der Waals surface area (Å²) in [6.07, 6.45) is 1.53. The first-order chi connectivity index (χ1) is 10.2. The molecule has 1 aromatic carbocycles. The minimum absolute atomic E-state index is 0.0247. The molecular formula is C12H11N7O2. The Kier molecular flexibility index (Phi) is 3.14. The Balaban J connectivity index is 2.04. The Bertz CT molecular complexity index is 787. The van der Waals surface area contributed by atoms with Gasteiger partial charge in [-0.25, -0.2) is 4.98 Å². The Morgan fingerprint density at radius 1 is 1.38 bits per heavy atom. The second-order valence-electron chi connectivity index (χ2n) is 4.42. The zero-order chi connectivity index (χ0) is 14.8. The van der Waals surface area contributed by atoms with E-state index in [-0.39, 0.29) is 11.7 Å². The number of nitrogens with one attached hydrogen (secondary N) is 2. The normalized spacial score (nSPS) is 12.2. The third-order valence-corrected chi connectivity index (χ3v) is 3.07. The van der Waals surface area contributed by atoms with E-state index in [4.69, 9.17) is 0 Å². The number of benzene rings is 1. The molecule has 106 valence electrons. The topological polar surface area (TPSA) is 123 Å². The third-order valence-electron chi connectivity index (χ3n) is 3.07. The van der Waals surface area contributed by atoms with Crippen molar-refractivity contribution in [3.8, 4) is 0 Å². The van der Waals surface area contributed by atoms with Gasteiger partial charge in [-0.2, -0.15) is 5.21 Å². The molecule has 1 atom stereocenters. The largest absolute Gasteiger partial charge is 0.375 e. The molecule has 0 aliphatic heterocycles. The van der Waals surface area contributed by atoms with Crippen molar-refractivity contribution in [1.29, 1.82) is 0 Å². The van der Waals surface area contributed by atoms with Gasteiger partial charge in [0, 0.05) is 23.3 Å². The molecule has 0 saturated heterocycles. The van der Waals surface area contributed by atoms with E-state index in [2.05, 4.69) is 30.9 Å².